The Kier molecular flexibility index (Phi) is 6.96. The highest BCUT2D eigenvalue weighted by atomic mass is 16.4. The molecule has 6 heteroatoms. The minimum Gasteiger partial charge on any atom is -0.481 e. The number of aliphatic hydroxyl groups is 1. The summed E-state index contributed by atoms with van der Waals surface area (Å²) in [4.78, 5) is 25.5. The van der Waals surface area contributed by atoms with Crippen LogP contribution in [-0.2, 0) is 16.0 Å². The molecule has 1 unspecified atom stereocenters. The highest BCUT2D eigenvalue weighted by molar-refractivity contribution is 5.78. The van der Waals surface area contributed by atoms with Gasteiger partial charge in [0.1, 0.15) is 0 Å². The first kappa shape index (κ1) is 19.4. The van der Waals surface area contributed by atoms with Gasteiger partial charge in [-0.3, -0.25) is 14.5 Å². The Labute approximate surface area is 148 Å². The first-order chi connectivity index (χ1) is 12.0. The standard InChI is InChI=1S/C19H28N2O4/c1-2-9-19(18(24)25)10-12-21(13-16(19)22)14-17(23)20-11-8-15-6-4-3-5-7-15/h3-7,16,22H,2,8-14H2,1H3,(H,20,23)(H,24,25)/t16?,19-/m0/s1. The molecule has 2 atom stereocenters. The number of β-amino-alcohol motifs (C(OH)–C–C–N with tert-alkyl or cyclic N) is 1. The van der Waals surface area contributed by atoms with Crippen molar-refractivity contribution in [3.05, 3.63) is 35.9 Å². The van der Waals surface area contributed by atoms with Gasteiger partial charge in [0.2, 0.25) is 5.91 Å². The second-order valence-corrected chi connectivity index (χ2v) is 6.80. The topological polar surface area (TPSA) is 89.9 Å². The van der Waals surface area contributed by atoms with E-state index in [4.69, 9.17) is 0 Å². The summed E-state index contributed by atoms with van der Waals surface area (Å²) in [6.45, 7) is 3.40. The maximum Gasteiger partial charge on any atom is 0.312 e. The van der Waals surface area contributed by atoms with E-state index in [2.05, 4.69) is 5.32 Å². The van der Waals surface area contributed by atoms with Crippen molar-refractivity contribution in [2.24, 2.45) is 5.41 Å². The number of hydrogen-bond donors (Lipinski definition) is 3. The van der Waals surface area contributed by atoms with E-state index in [1.54, 1.807) is 0 Å². The van der Waals surface area contributed by atoms with Gasteiger partial charge < -0.3 is 15.5 Å². The van der Waals surface area contributed by atoms with Crippen LogP contribution in [0.25, 0.3) is 0 Å². The van der Waals surface area contributed by atoms with Gasteiger partial charge in [-0.1, -0.05) is 43.7 Å². The van der Waals surface area contributed by atoms with E-state index in [1.165, 1.54) is 5.56 Å². The van der Waals surface area contributed by atoms with E-state index in [0.29, 0.717) is 32.4 Å². The summed E-state index contributed by atoms with van der Waals surface area (Å²) in [6.07, 6.45) is 1.36. The minimum absolute atomic E-state index is 0.0959. The molecule has 0 radical (unpaired) electrons. The summed E-state index contributed by atoms with van der Waals surface area (Å²) in [5.41, 5.74) is 0.0942. The molecule has 3 N–H and O–H groups in total. The number of carboxylic acid groups (broad SMARTS) is 1. The van der Waals surface area contributed by atoms with Crippen molar-refractivity contribution >= 4 is 11.9 Å². The number of carbonyl (C=O) groups excluding carboxylic acids is 1. The highest BCUT2D eigenvalue weighted by Gasteiger charge is 2.47. The number of hydrogen-bond acceptors (Lipinski definition) is 4. The number of piperidine rings is 1. The number of aliphatic hydroxyl groups excluding tert-OH is 1. The molecule has 1 saturated heterocycles. The van der Waals surface area contributed by atoms with E-state index in [1.807, 2.05) is 42.2 Å². The minimum atomic E-state index is -1.07. The molecular weight excluding hydrogens is 320 g/mol. The quantitative estimate of drug-likeness (QED) is 0.658. The second-order valence-electron chi connectivity index (χ2n) is 6.80. The number of nitrogens with one attached hydrogen (secondary N) is 1. The van der Waals surface area contributed by atoms with Gasteiger partial charge in [0.15, 0.2) is 0 Å². The molecule has 1 aliphatic rings. The van der Waals surface area contributed by atoms with Crippen molar-refractivity contribution in [1.82, 2.24) is 10.2 Å². The molecule has 0 saturated carbocycles. The van der Waals surface area contributed by atoms with E-state index in [0.717, 1.165) is 6.42 Å². The van der Waals surface area contributed by atoms with Gasteiger partial charge >= 0.3 is 5.97 Å². The summed E-state index contributed by atoms with van der Waals surface area (Å²) in [5, 5.41) is 22.8. The molecule has 1 aliphatic heterocycles. The predicted molar refractivity (Wildman–Crippen MR) is 95.2 cm³/mol. The Balaban J connectivity index is 1.78. The molecule has 1 aromatic carbocycles. The summed E-state index contributed by atoms with van der Waals surface area (Å²) in [6, 6.07) is 9.94. The van der Waals surface area contributed by atoms with Crippen LogP contribution in [0.15, 0.2) is 30.3 Å². The molecule has 0 bridgehead atoms. The lowest BCUT2D eigenvalue weighted by Crippen LogP contribution is -2.56. The van der Waals surface area contributed by atoms with Crippen LogP contribution >= 0.6 is 0 Å². The van der Waals surface area contributed by atoms with Gasteiger partial charge in [-0.25, -0.2) is 0 Å². The summed E-state index contributed by atoms with van der Waals surface area (Å²) >= 11 is 0. The zero-order valence-corrected chi connectivity index (χ0v) is 14.8. The molecule has 1 amide bonds. The summed E-state index contributed by atoms with van der Waals surface area (Å²) in [5.74, 6) is -1.03. The van der Waals surface area contributed by atoms with Gasteiger partial charge in [0.25, 0.3) is 0 Å². The second kappa shape index (κ2) is 8.97. The molecule has 138 valence electrons. The molecule has 1 heterocycles. The lowest BCUT2D eigenvalue weighted by Gasteiger charge is -2.42. The summed E-state index contributed by atoms with van der Waals surface area (Å²) < 4.78 is 0. The lowest BCUT2D eigenvalue weighted by atomic mass is 9.73. The molecule has 0 aliphatic carbocycles. The van der Waals surface area contributed by atoms with Crippen LogP contribution in [0.2, 0.25) is 0 Å². The number of benzene rings is 1. The maximum atomic E-state index is 12.1. The van der Waals surface area contributed by atoms with Crippen molar-refractivity contribution in [1.29, 1.82) is 0 Å². The number of carbonyl (C=O) groups is 2. The van der Waals surface area contributed by atoms with Crippen LogP contribution in [0.5, 0.6) is 0 Å². The van der Waals surface area contributed by atoms with Crippen molar-refractivity contribution in [2.45, 2.75) is 38.7 Å². The van der Waals surface area contributed by atoms with E-state index < -0.39 is 17.5 Å². The van der Waals surface area contributed by atoms with Crippen LogP contribution in [0, 0.1) is 5.41 Å². The SMILES string of the molecule is CCC[C@]1(C(=O)O)CCN(CC(=O)NCCc2ccccc2)CC1O. The largest absolute Gasteiger partial charge is 0.481 e. The highest BCUT2D eigenvalue weighted by Crippen LogP contribution is 2.36. The number of aliphatic carboxylic acids is 1. The molecule has 0 spiro atoms. The Morgan fingerprint density at radius 1 is 1.32 bits per heavy atom. The zero-order chi connectivity index (χ0) is 18.3. The number of rotatable bonds is 8. The van der Waals surface area contributed by atoms with Gasteiger partial charge in [0, 0.05) is 13.1 Å². The molecule has 1 fully saturated rings. The molecular formula is C19H28N2O4. The molecule has 25 heavy (non-hydrogen) atoms. The number of nitrogens with zero attached hydrogens (tertiary/aromatic N) is 1. The monoisotopic (exact) mass is 348 g/mol. The smallest absolute Gasteiger partial charge is 0.312 e. The van der Waals surface area contributed by atoms with Gasteiger partial charge in [0.05, 0.1) is 18.1 Å². The van der Waals surface area contributed by atoms with Crippen LogP contribution < -0.4 is 5.32 Å². The van der Waals surface area contributed by atoms with Gasteiger partial charge in [-0.05, 0) is 31.4 Å². The van der Waals surface area contributed by atoms with Crippen molar-refractivity contribution in [2.75, 3.05) is 26.2 Å². The molecule has 6 nitrogen and oxygen atoms in total. The maximum absolute atomic E-state index is 12.1. The van der Waals surface area contributed by atoms with E-state index in [9.17, 15) is 19.8 Å². The van der Waals surface area contributed by atoms with Gasteiger partial charge in [-0.15, -0.1) is 0 Å². The average Bonchev–Trinajstić information content (AvgIpc) is 2.58. The Bertz CT molecular complexity index is 578. The van der Waals surface area contributed by atoms with Crippen molar-refractivity contribution < 1.29 is 19.8 Å². The third-order valence-corrected chi connectivity index (χ3v) is 5.01. The van der Waals surface area contributed by atoms with Crippen LogP contribution in [-0.4, -0.2) is 59.3 Å². The number of carboxylic acids is 1. The fourth-order valence-electron chi connectivity index (χ4n) is 3.52. The third-order valence-electron chi connectivity index (χ3n) is 5.01. The molecule has 0 aromatic heterocycles. The lowest BCUT2D eigenvalue weighted by molar-refractivity contribution is -0.164. The van der Waals surface area contributed by atoms with Crippen LogP contribution in [0.4, 0.5) is 0 Å². The predicted octanol–water partition coefficient (Wildman–Crippen LogP) is 1.28. The zero-order valence-electron chi connectivity index (χ0n) is 14.8. The first-order valence-electron chi connectivity index (χ1n) is 8.92. The van der Waals surface area contributed by atoms with Gasteiger partial charge in [-0.2, -0.15) is 0 Å². The van der Waals surface area contributed by atoms with E-state index >= 15 is 0 Å². The first-order valence-corrected chi connectivity index (χ1v) is 8.92. The Morgan fingerprint density at radius 2 is 2.04 bits per heavy atom. The average molecular weight is 348 g/mol. The third kappa shape index (κ3) is 5.03. The van der Waals surface area contributed by atoms with Crippen LogP contribution in [0.3, 0.4) is 0 Å². The fourth-order valence-corrected chi connectivity index (χ4v) is 3.52. The number of amides is 1. The molecule has 2 rings (SSSR count). The summed E-state index contributed by atoms with van der Waals surface area (Å²) in [7, 11) is 0. The van der Waals surface area contributed by atoms with E-state index in [-0.39, 0.29) is 19.0 Å². The normalized spacial score (nSPS) is 24.0. The number of likely N-dealkylation sites (tertiary alicyclic amines) is 1. The van der Waals surface area contributed by atoms with Crippen LogP contribution in [0.1, 0.15) is 31.7 Å². The Morgan fingerprint density at radius 3 is 2.64 bits per heavy atom. The Hall–Kier alpha value is -1.92. The van der Waals surface area contributed by atoms with Crippen molar-refractivity contribution in [3.8, 4) is 0 Å². The van der Waals surface area contributed by atoms with Crippen molar-refractivity contribution in [3.63, 3.8) is 0 Å². The molecule has 1 aromatic rings. The fraction of sp³-hybridized carbons (Fsp3) is 0.579.